The van der Waals surface area contributed by atoms with E-state index in [0.29, 0.717) is 11.8 Å². The quantitative estimate of drug-likeness (QED) is 0.810. The largest absolute Gasteiger partial charge is 0.481 e. The Kier molecular flexibility index (Phi) is 4.34. The topological polar surface area (TPSA) is 54.4 Å². The van der Waals surface area contributed by atoms with Gasteiger partial charge in [-0.15, -0.1) is 0 Å². The first kappa shape index (κ1) is 12.3. The molecule has 1 heterocycles. The van der Waals surface area contributed by atoms with E-state index < -0.39 is 0 Å². The zero-order chi connectivity index (χ0) is 12.1. The highest BCUT2D eigenvalue weighted by Crippen LogP contribution is 2.24. The summed E-state index contributed by atoms with van der Waals surface area (Å²) in [5, 5.41) is 13.1. The number of nitrogens with one attached hydrogen (secondary N) is 1. The van der Waals surface area contributed by atoms with Crippen LogP contribution in [0.5, 0.6) is 5.88 Å². The maximum Gasteiger partial charge on any atom is 0.217 e. The number of ether oxygens (including phenoxy) is 1. The van der Waals surface area contributed by atoms with Crippen molar-refractivity contribution in [2.24, 2.45) is 5.92 Å². The van der Waals surface area contributed by atoms with Crippen LogP contribution in [0.1, 0.15) is 24.8 Å². The van der Waals surface area contributed by atoms with E-state index in [1.54, 1.807) is 13.3 Å². The van der Waals surface area contributed by atoms with Crippen LogP contribution in [0.3, 0.4) is 0 Å². The van der Waals surface area contributed by atoms with Crippen molar-refractivity contribution in [1.29, 1.82) is 0 Å². The lowest BCUT2D eigenvalue weighted by Crippen LogP contribution is -2.27. The van der Waals surface area contributed by atoms with Gasteiger partial charge in [-0.05, 0) is 24.8 Å². The van der Waals surface area contributed by atoms with E-state index in [-0.39, 0.29) is 6.10 Å². The number of pyridine rings is 1. The minimum atomic E-state index is -0.127. The second kappa shape index (κ2) is 5.98. The van der Waals surface area contributed by atoms with Gasteiger partial charge >= 0.3 is 0 Å². The first-order valence-electron chi connectivity index (χ1n) is 6.18. The molecule has 2 atom stereocenters. The zero-order valence-corrected chi connectivity index (χ0v) is 10.2. The fourth-order valence-electron chi connectivity index (χ4n) is 2.39. The van der Waals surface area contributed by atoms with Crippen molar-refractivity contribution in [2.75, 3.05) is 13.7 Å². The van der Waals surface area contributed by atoms with E-state index in [2.05, 4.69) is 10.3 Å². The molecule has 0 spiro atoms. The summed E-state index contributed by atoms with van der Waals surface area (Å²) in [6, 6.07) is 3.91. The number of aromatic nitrogens is 1. The molecular formula is C13H20N2O2. The molecule has 17 heavy (non-hydrogen) atoms. The summed E-state index contributed by atoms with van der Waals surface area (Å²) >= 11 is 0. The Bertz CT molecular complexity index is 357. The van der Waals surface area contributed by atoms with Gasteiger partial charge in [0.25, 0.3) is 0 Å². The van der Waals surface area contributed by atoms with Crippen LogP contribution in [0.15, 0.2) is 18.3 Å². The van der Waals surface area contributed by atoms with Gasteiger partial charge in [0.05, 0.1) is 13.2 Å². The first-order valence-corrected chi connectivity index (χ1v) is 6.18. The Balaban J connectivity index is 1.81. The Morgan fingerprint density at radius 2 is 2.41 bits per heavy atom. The Morgan fingerprint density at radius 3 is 3.12 bits per heavy atom. The summed E-state index contributed by atoms with van der Waals surface area (Å²) in [7, 11) is 1.63. The average molecular weight is 236 g/mol. The fraction of sp³-hybridized carbons (Fsp3) is 0.615. The Labute approximate surface area is 102 Å². The fourth-order valence-corrected chi connectivity index (χ4v) is 2.39. The standard InChI is InChI=1S/C13H20N2O2/c1-17-13-11(5-3-7-15-13)9-14-8-10-4-2-6-12(10)16/h3,5,7,10,12,14,16H,2,4,6,8-9H2,1H3. The van der Waals surface area contributed by atoms with E-state index in [0.717, 1.165) is 37.9 Å². The van der Waals surface area contributed by atoms with Gasteiger partial charge in [-0.2, -0.15) is 0 Å². The van der Waals surface area contributed by atoms with Crippen molar-refractivity contribution < 1.29 is 9.84 Å². The predicted molar refractivity (Wildman–Crippen MR) is 65.8 cm³/mol. The lowest BCUT2D eigenvalue weighted by molar-refractivity contribution is 0.131. The third-order valence-corrected chi connectivity index (χ3v) is 3.38. The molecule has 1 aliphatic carbocycles. The van der Waals surface area contributed by atoms with Crippen LogP contribution in [-0.4, -0.2) is 29.8 Å². The molecule has 0 aromatic carbocycles. The van der Waals surface area contributed by atoms with E-state index in [9.17, 15) is 5.11 Å². The lowest BCUT2D eigenvalue weighted by Gasteiger charge is -2.15. The molecule has 0 amide bonds. The van der Waals surface area contributed by atoms with Gasteiger partial charge in [-0.25, -0.2) is 4.98 Å². The third kappa shape index (κ3) is 3.17. The summed E-state index contributed by atoms with van der Waals surface area (Å²) in [6.07, 6.45) is 4.81. The van der Waals surface area contributed by atoms with Crippen LogP contribution in [0.2, 0.25) is 0 Å². The van der Waals surface area contributed by atoms with Crippen molar-refractivity contribution >= 4 is 0 Å². The molecular weight excluding hydrogens is 216 g/mol. The van der Waals surface area contributed by atoms with Gasteiger partial charge < -0.3 is 15.2 Å². The van der Waals surface area contributed by atoms with Crippen LogP contribution >= 0.6 is 0 Å². The molecule has 0 aliphatic heterocycles. The van der Waals surface area contributed by atoms with Gasteiger partial charge in [-0.3, -0.25) is 0 Å². The van der Waals surface area contributed by atoms with Crippen molar-refractivity contribution in [2.45, 2.75) is 31.9 Å². The van der Waals surface area contributed by atoms with E-state index >= 15 is 0 Å². The number of rotatable bonds is 5. The number of hydrogen-bond donors (Lipinski definition) is 2. The SMILES string of the molecule is COc1ncccc1CNCC1CCCC1O. The van der Waals surface area contributed by atoms with Gasteiger partial charge in [0.2, 0.25) is 5.88 Å². The van der Waals surface area contributed by atoms with Gasteiger partial charge in [0, 0.05) is 24.8 Å². The highest BCUT2D eigenvalue weighted by molar-refractivity contribution is 5.24. The van der Waals surface area contributed by atoms with E-state index in [1.807, 2.05) is 12.1 Å². The van der Waals surface area contributed by atoms with Crippen LogP contribution in [0.4, 0.5) is 0 Å². The molecule has 1 aromatic heterocycles. The summed E-state index contributed by atoms with van der Waals surface area (Å²) in [6.45, 7) is 1.60. The molecule has 1 saturated carbocycles. The molecule has 2 N–H and O–H groups in total. The Morgan fingerprint density at radius 1 is 1.53 bits per heavy atom. The smallest absolute Gasteiger partial charge is 0.217 e. The minimum Gasteiger partial charge on any atom is -0.481 e. The third-order valence-electron chi connectivity index (χ3n) is 3.38. The number of methoxy groups -OCH3 is 1. The number of aliphatic hydroxyl groups is 1. The lowest BCUT2D eigenvalue weighted by atomic mass is 10.1. The summed E-state index contributed by atoms with van der Waals surface area (Å²) < 4.78 is 5.19. The maximum atomic E-state index is 9.71. The Hall–Kier alpha value is -1.13. The molecule has 2 rings (SSSR count). The predicted octanol–water partition coefficient (Wildman–Crippen LogP) is 1.34. The summed E-state index contributed by atoms with van der Waals surface area (Å²) in [5.74, 6) is 1.07. The second-order valence-corrected chi connectivity index (χ2v) is 4.56. The maximum absolute atomic E-state index is 9.71. The van der Waals surface area contributed by atoms with Crippen molar-refractivity contribution in [1.82, 2.24) is 10.3 Å². The number of hydrogen-bond acceptors (Lipinski definition) is 4. The van der Waals surface area contributed by atoms with Gasteiger partial charge in [-0.1, -0.05) is 12.5 Å². The van der Waals surface area contributed by atoms with E-state index in [1.165, 1.54) is 0 Å². The summed E-state index contributed by atoms with van der Waals surface area (Å²) in [5.41, 5.74) is 1.06. The monoisotopic (exact) mass is 236 g/mol. The van der Waals surface area contributed by atoms with Gasteiger partial charge in [0.15, 0.2) is 0 Å². The molecule has 0 bridgehead atoms. The highest BCUT2D eigenvalue weighted by atomic mass is 16.5. The molecule has 4 nitrogen and oxygen atoms in total. The molecule has 1 aliphatic rings. The van der Waals surface area contributed by atoms with E-state index in [4.69, 9.17) is 4.74 Å². The molecule has 4 heteroatoms. The van der Waals surface area contributed by atoms with Crippen molar-refractivity contribution in [3.63, 3.8) is 0 Å². The van der Waals surface area contributed by atoms with Crippen LogP contribution in [0.25, 0.3) is 0 Å². The van der Waals surface area contributed by atoms with Crippen LogP contribution < -0.4 is 10.1 Å². The normalized spacial score (nSPS) is 23.9. The molecule has 94 valence electrons. The minimum absolute atomic E-state index is 0.127. The number of aliphatic hydroxyl groups excluding tert-OH is 1. The average Bonchev–Trinajstić information content (AvgIpc) is 2.76. The highest BCUT2D eigenvalue weighted by Gasteiger charge is 2.24. The van der Waals surface area contributed by atoms with Crippen molar-refractivity contribution in [3.05, 3.63) is 23.9 Å². The van der Waals surface area contributed by atoms with Gasteiger partial charge in [0.1, 0.15) is 0 Å². The molecule has 0 radical (unpaired) electrons. The van der Waals surface area contributed by atoms with Crippen LogP contribution in [-0.2, 0) is 6.54 Å². The molecule has 0 saturated heterocycles. The van der Waals surface area contributed by atoms with Crippen LogP contribution in [0, 0.1) is 5.92 Å². The number of nitrogens with zero attached hydrogens (tertiary/aromatic N) is 1. The zero-order valence-electron chi connectivity index (χ0n) is 10.2. The molecule has 1 aromatic rings. The first-order chi connectivity index (χ1) is 8.31. The van der Waals surface area contributed by atoms with Crippen molar-refractivity contribution in [3.8, 4) is 5.88 Å². The summed E-state index contributed by atoms with van der Waals surface area (Å²) in [4.78, 5) is 4.15. The molecule has 2 unspecified atom stereocenters. The second-order valence-electron chi connectivity index (χ2n) is 4.56. The molecule has 1 fully saturated rings.